The van der Waals surface area contributed by atoms with E-state index in [0.717, 1.165) is 4.31 Å². The summed E-state index contributed by atoms with van der Waals surface area (Å²) in [7, 11) is -4.22. The van der Waals surface area contributed by atoms with Crippen LogP contribution in [0.5, 0.6) is 0 Å². The zero-order valence-electron chi connectivity index (χ0n) is 18.0. The van der Waals surface area contributed by atoms with E-state index in [-0.39, 0.29) is 27.6 Å². The van der Waals surface area contributed by atoms with Crippen LogP contribution >= 0.6 is 0 Å². The van der Waals surface area contributed by atoms with Gasteiger partial charge < -0.3 is 10.6 Å². The minimum atomic E-state index is -4.22. The average Bonchev–Trinajstić information content (AvgIpc) is 2.81. The first kappa shape index (κ1) is 22.9. The molecule has 0 aromatic heterocycles. The van der Waals surface area contributed by atoms with Gasteiger partial charge in [0.05, 0.1) is 27.6 Å². The number of sulfonamides is 1. The van der Waals surface area contributed by atoms with Gasteiger partial charge in [-0.25, -0.2) is 8.42 Å². The van der Waals surface area contributed by atoms with Crippen LogP contribution in [0.1, 0.15) is 12.0 Å². The fourth-order valence-corrected chi connectivity index (χ4v) is 5.37. The predicted octanol–water partition coefficient (Wildman–Crippen LogP) is 3.45. The number of carbonyl (C=O) groups excluding carboxylic acids is 2. The van der Waals surface area contributed by atoms with Gasteiger partial charge in [-0.2, -0.15) is 0 Å². The van der Waals surface area contributed by atoms with Crippen LogP contribution in [0, 0.1) is 17.0 Å². The Morgan fingerprint density at radius 2 is 1.76 bits per heavy atom. The van der Waals surface area contributed by atoms with Crippen molar-refractivity contribution in [3.05, 3.63) is 88.5 Å². The van der Waals surface area contributed by atoms with E-state index in [0.29, 0.717) is 5.56 Å². The summed E-state index contributed by atoms with van der Waals surface area (Å²) >= 11 is 0. The first-order valence-electron chi connectivity index (χ1n) is 10.2. The molecule has 0 fully saturated rings. The van der Waals surface area contributed by atoms with E-state index in [1.165, 1.54) is 30.3 Å². The molecule has 0 spiro atoms. The molecule has 1 aliphatic heterocycles. The highest BCUT2D eigenvalue weighted by Crippen LogP contribution is 2.37. The van der Waals surface area contributed by atoms with Gasteiger partial charge in [-0.3, -0.25) is 24.0 Å². The Kier molecular flexibility index (Phi) is 6.03. The van der Waals surface area contributed by atoms with Crippen molar-refractivity contribution < 1.29 is 22.9 Å². The third-order valence-corrected chi connectivity index (χ3v) is 7.12. The molecule has 2 amide bonds. The summed E-state index contributed by atoms with van der Waals surface area (Å²) in [5.41, 5.74) is 0.784. The number of amides is 2. The van der Waals surface area contributed by atoms with Crippen molar-refractivity contribution in [3.8, 4) is 0 Å². The average molecular weight is 481 g/mol. The van der Waals surface area contributed by atoms with Crippen LogP contribution in [0.2, 0.25) is 0 Å². The molecule has 0 aliphatic carbocycles. The van der Waals surface area contributed by atoms with Crippen molar-refractivity contribution in [2.24, 2.45) is 0 Å². The largest absolute Gasteiger partial charge is 0.322 e. The Morgan fingerprint density at radius 1 is 1.09 bits per heavy atom. The van der Waals surface area contributed by atoms with Gasteiger partial charge in [0.2, 0.25) is 11.8 Å². The maximum atomic E-state index is 13.6. The van der Waals surface area contributed by atoms with E-state index in [9.17, 15) is 28.1 Å². The Morgan fingerprint density at radius 3 is 2.47 bits per heavy atom. The number of nitro groups is 1. The second kappa shape index (κ2) is 8.94. The molecule has 0 saturated heterocycles. The fourth-order valence-electron chi connectivity index (χ4n) is 3.72. The fraction of sp³-hybridized carbons (Fsp3) is 0.130. The van der Waals surface area contributed by atoms with Crippen LogP contribution in [0.4, 0.5) is 22.7 Å². The zero-order valence-corrected chi connectivity index (χ0v) is 18.8. The van der Waals surface area contributed by atoms with E-state index >= 15 is 0 Å². The van der Waals surface area contributed by atoms with Crippen LogP contribution in [0.15, 0.2) is 77.7 Å². The first-order valence-corrected chi connectivity index (χ1v) is 11.7. The third kappa shape index (κ3) is 4.33. The number of anilines is 3. The van der Waals surface area contributed by atoms with E-state index < -0.39 is 39.2 Å². The van der Waals surface area contributed by atoms with Crippen LogP contribution in [0.3, 0.4) is 0 Å². The molecule has 0 saturated carbocycles. The highest BCUT2D eigenvalue weighted by atomic mass is 32.2. The van der Waals surface area contributed by atoms with Crippen molar-refractivity contribution in [2.45, 2.75) is 24.3 Å². The Balaban J connectivity index is 1.71. The Bertz CT molecular complexity index is 1390. The minimum absolute atomic E-state index is 0.0425. The molecule has 174 valence electrons. The van der Waals surface area contributed by atoms with Gasteiger partial charge in [-0.15, -0.1) is 0 Å². The van der Waals surface area contributed by atoms with E-state index in [4.69, 9.17) is 0 Å². The molecule has 3 aromatic carbocycles. The molecule has 10 nitrogen and oxygen atoms in total. The molecular weight excluding hydrogens is 460 g/mol. The number of rotatable bonds is 6. The van der Waals surface area contributed by atoms with Crippen LogP contribution in [0.25, 0.3) is 0 Å². The smallest absolute Gasteiger partial charge is 0.293 e. The van der Waals surface area contributed by atoms with Crippen LogP contribution < -0.4 is 14.9 Å². The number of benzene rings is 3. The van der Waals surface area contributed by atoms with Gasteiger partial charge in [-0.05, 0) is 42.8 Å². The van der Waals surface area contributed by atoms with E-state index in [1.807, 2.05) is 0 Å². The summed E-state index contributed by atoms with van der Waals surface area (Å²) in [6.07, 6.45) is -0.558. The van der Waals surface area contributed by atoms with Gasteiger partial charge in [0.1, 0.15) is 11.7 Å². The van der Waals surface area contributed by atoms with Gasteiger partial charge in [-0.1, -0.05) is 36.4 Å². The van der Waals surface area contributed by atoms with Crippen LogP contribution in [-0.2, 0) is 19.6 Å². The van der Waals surface area contributed by atoms with Crippen LogP contribution in [-0.4, -0.2) is 31.2 Å². The molecule has 1 unspecified atom stereocenters. The van der Waals surface area contributed by atoms with Crippen molar-refractivity contribution in [1.29, 1.82) is 0 Å². The maximum absolute atomic E-state index is 13.6. The monoisotopic (exact) mass is 480 g/mol. The summed E-state index contributed by atoms with van der Waals surface area (Å²) in [6.45, 7) is 1.68. The first-order chi connectivity index (χ1) is 16.2. The number of nitrogens with one attached hydrogen (secondary N) is 2. The molecule has 4 rings (SSSR count). The SMILES string of the molecule is Cc1ccc(NC(=O)CC2C(=O)Nc3ccccc3N2S(=O)(=O)c2ccccc2)c([N+](=O)[O-])c1. The summed E-state index contributed by atoms with van der Waals surface area (Å²) in [5.74, 6) is -1.44. The summed E-state index contributed by atoms with van der Waals surface area (Å²) in [5, 5.41) is 16.5. The maximum Gasteiger partial charge on any atom is 0.293 e. The quantitative estimate of drug-likeness (QED) is 0.409. The normalized spacial score (nSPS) is 15.3. The van der Waals surface area contributed by atoms with Gasteiger partial charge in [0.15, 0.2) is 0 Å². The molecule has 1 aliphatic rings. The van der Waals surface area contributed by atoms with Crippen molar-refractivity contribution in [2.75, 3.05) is 14.9 Å². The van der Waals surface area contributed by atoms with E-state index in [1.54, 1.807) is 49.4 Å². The number of hydrogen-bond acceptors (Lipinski definition) is 6. The Hall–Kier alpha value is -4.25. The lowest BCUT2D eigenvalue weighted by molar-refractivity contribution is -0.384. The molecule has 34 heavy (non-hydrogen) atoms. The third-order valence-electron chi connectivity index (χ3n) is 5.29. The summed E-state index contributed by atoms with van der Waals surface area (Å²) < 4.78 is 28.0. The van der Waals surface area contributed by atoms with Gasteiger partial charge in [0.25, 0.3) is 15.7 Å². The number of hydrogen-bond donors (Lipinski definition) is 2. The zero-order chi connectivity index (χ0) is 24.5. The molecule has 1 heterocycles. The molecule has 11 heteroatoms. The van der Waals surface area contributed by atoms with Crippen molar-refractivity contribution in [3.63, 3.8) is 0 Å². The molecular formula is C23H20N4O6S. The molecule has 2 N–H and O–H groups in total. The lowest BCUT2D eigenvalue weighted by Gasteiger charge is -2.36. The molecule has 3 aromatic rings. The number of carbonyl (C=O) groups is 2. The van der Waals surface area contributed by atoms with Crippen molar-refractivity contribution in [1.82, 2.24) is 0 Å². The van der Waals surface area contributed by atoms with Gasteiger partial charge in [0, 0.05) is 6.07 Å². The molecule has 0 radical (unpaired) electrons. The van der Waals surface area contributed by atoms with E-state index in [2.05, 4.69) is 10.6 Å². The number of nitrogens with zero attached hydrogens (tertiary/aromatic N) is 2. The number of fused-ring (bicyclic) bond motifs is 1. The Labute approximate surface area is 195 Å². The second-order valence-electron chi connectivity index (χ2n) is 7.67. The summed E-state index contributed by atoms with van der Waals surface area (Å²) in [6, 6.07) is 16.8. The van der Waals surface area contributed by atoms with Gasteiger partial charge >= 0.3 is 0 Å². The van der Waals surface area contributed by atoms with Crippen molar-refractivity contribution >= 4 is 44.6 Å². The highest BCUT2D eigenvalue weighted by Gasteiger charge is 2.42. The highest BCUT2D eigenvalue weighted by molar-refractivity contribution is 7.93. The predicted molar refractivity (Wildman–Crippen MR) is 126 cm³/mol. The lowest BCUT2D eigenvalue weighted by atomic mass is 10.1. The second-order valence-corrected chi connectivity index (χ2v) is 9.48. The molecule has 0 bridgehead atoms. The standard InChI is InChI=1S/C23H20N4O6S/c1-15-11-12-18(20(13-15)27(30)31)24-22(28)14-21-23(29)25-17-9-5-6-10-19(17)26(21)34(32,33)16-7-3-2-4-8-16/h2-13,21H,14H2,1H3,(H,24,28)(H,25,29). The number of para-hydroxylation sites is 2. The number of aryl methyl sites for hydroxylation is 1. The topological polar surface area (TPSA) is 139 Å². The minimum Gasteiger partial charge on any atom is -0.322 e. The lowest BCUT2D eigenvalue weighted by Crippen LogP contribution is -2.52. The molecule has 1 atom stereocenters. The summed E-state index contributed by atoms with van der Waals surface area (Å²) in [4.78, 5) is 36.5. The number of nitro benzene ring substituents is 1.